The molecule has 1 fully saturated rings. The maximum absolute atomic E-state index is 11.8. The highest BCUT2D eigenvalue weighted by Crippen LogP contribution is 2.17. The number of benzene rings is 1. The van der Waals surface area contributed by atoms with Gasteiger partial charge in [0.25, 0.3) is 0 Å². The van der Waals surface area contributed by atoms with E-state index in [4.69, 9.17) is 4.74 Å². The van der Waals surface area contributed by atoms with E-state index in [2.05, 4.69) is 15.6 Å². The lowest BCUT2D eigenvalue weighted by molar-refractivity contribution is 0.336. The third kappa shape index (κ3) is 5.10. The van der Waals surface area contributed by atoms with Crippen LogP contribution in [0.2, 0.25) is 0 Å². The van der Waals surface area contributed by atoms with Crippen molar-refractivity contribution in [1.29, 1.82) is 0 Å². The summed E-state index contributed by atoms with van der Waals surface area (Å²) in [6.07, 6.45) is 0.712. The lowest BCUT2D eigenvalue weighted by Crippen LogP contribution is -2.41. The van der Waals surface area contributed by atoms with Gasteiger partial charge in [0.1, 0.15) is 5.75 Å². The molecule has 24 heavy (non-hydrogen) atoms. The Hall–Kier alpha value is -1.80. The summed E-state index contributed by atoms with van der Waals surface area (Å²) < 4.78 is 30.6. The van der Waals surface area contributed by atoms with E-state index in [0.717, 1.165) is 11.3 Å². The molecule has 1 aliphatic heterocycles. The number of nitrogens with zero attached hydrogens (tertiary/aromatic N) is 2. The van der Waals surface area contributed by atoms with Gasteiger partial charge in [0.05, 0.1) is 12.4 Å². The topological polar surface area (TPSA) is 83.0 Å². The number of nitrogens with one attached hydrogen (secondary N) is 2. The van der Waals surface area contributed by atoms with E-state index in [0.29, 0.717) is 45.2 Å². The van der Waals surface area contributed by atoms with Crippen LogP contribution in [0.1, 0.15) is 18.9 Å². The molecule has 134 valence electrons. The fraction of sp³-hybridized carbons (Fsp3) is 0.562. The van der Waals surface area contributed by atoms with Crippen molar-refractivity contribution in [2.45, 2.75) is 19.9 Å². The molecule has 0 aliphatic carbocycles. The molecule has 0 bridgehead atoms. The van der Waals surface area contributed by atoms with Crippen LogP contribution in [0.3, 0.4) is 0 Å². The molecule has 2 N–H and O–H groups in total. The molecule has 1 aromatic carbocycles. The molecule has 1 saturated heterocycles. The SMILES string of the molecule is CCOc1ccccc1CNC(=NC)NCCN1CCCS1(=O)=O. The summed E-state index contributed by atoms with van der Waals surface area (Å²) >= 11 is 0. The Morgan fingerprint density at radius 2 is 2.12 bits per heavy atom. The molecule has 0 atom stereocenters. The van der Waals surface area contributed by atoms with Crippen molar-refractivity contribution in [3.8, 4) is 5.75 Å². The van der Waals surface area contributed by atoms with Gasteiger partial charge in [-0.3, -0.25) is 4.99 Å². The monoisotopic (exact) mass is 354 g/mol. The molecule has 0 unspecified atom stereocenters. The third-order valence-electron chi connectivity index (χ3n) is 3.80. The number of para-hydroxylation sites is 1. The van der Waals surface area contributed by atoms with Gasteiger partial charge in [0.2, 0.25) is 10.0 Å². The number of hydrogen-bond donors (Lipinski definition) is 2. The molecule has 0 aromatic heterocycles. The second kappa shape index (κ2) is 8.89. The lowest BCUT2D eigenvalue weighted by Gasteiger charge is -2.17. The van der Waals surface area contributed by atoms with Crippen molar-refractivity contribution in [3.63, 3.8) is 0 Å². The Morgan fingerprint density at radius 1 is 1.33 bits per heavy atom. The molecule has 7 nitrogen and oxygen atoms in total. The molecule has 1 aromatic rings. The first-order valence-electron chi connectivity index (χ1n) is 8.20. The number of sulfonamides is 1. The van der Waals surface area contributed by atoms with Crippen molar-refractivity contribution >= 4 is 16.0 Å². The second-order valence-corrected chi connectivity index (χ2v) is 7.55. The van der Waals surface area contributed by atoms with Crippen molar-refractivity contribution in [1.82, 2.24) is 14.9 Å². The Kier molecular flexibility index (Phi) is 6.86. The van der Waals surface area contributed by atoms with Crippen molar-refractivity contribution in [2.75, 3.05) is 39.0 Å². The van der Waals surface area contributed by atoms with Gasteiger partial charge in [-0.25, -0.2) is 12.7 Å². The average molecular weight is 354 g/mol. The van der Waals surface area contributed by atoms with Crippen LogP contribution >= 0.6 is 0 Å². The molecule has 0 amide bonds. The Labute approximate surface area is 144 Å². The van der Waals surface area contributed by atoms with E-state index in [9.17, 15) is 8.42 Å². The van der Waals surface area contributed by atoms with Crippen LogP contribution in [-0.4, -0.2) is 57.7 Å². The van der Waals surface area contributed by atoms with Crippen molar-refractivity contribution < 1.29 is 13.2 Å². The van der Waals surface area contributed by atoms with Crippen LogP contribution in [0.15, 0.2) is 29.3 Å². The van der Waals surface area contributed by atoms with Crippen LogP contribution in [0.5, 0.6) is 5.75 Å². The summed E-state index contributed by atoms with van der Waals surface area (Å²) in [5.74, 6) is 1.75. The van der Waals surface area contributed by atoms with Gasteiger partial charge in [-0.2, -0.15) is 0 Å². The molecular weight excluding hydrogens is 328 g/mol. The third-order valence-corrected chi connectivity index (χ3v) is 5.76. The summed E-state index contributed by atoms with van der Waals surface area (Å²) in [5.41, 5.74) is 1.05. The van der Waals surface area contributed by atoms with E-state index in [-0.39, 0.29) is 5.75 Å². The van der Waals surface area contributed by atoms with E-state index in [1.807, 2.05) is 31.2 Å². The highest BCUT2D eigenvalue weighted by molar-refractivity contribution is 7.89. The van der Waals surface area contributed by atoms with E-state index in [1.54, 1.807) is 7.05 Å². The van der Waals surface area contributed by atoms with Gasteiger partial charge in [-0.15, -0.1) is 0 Å². The van der Waals surface area contributed by atoms with Gasteiger partial charge < -0.3 is 15.4 Å². The molecule has 2 rings (SSSR count). The summed E-state index contributed by atoms with van der Waals surface area (Å²) in [5, 5.41) is 6.37. The van der Waals surface area contributed by atoms with Gasteiger partial charge in [0.15, 0.2) is 5.96 Å². The first-order valence-corrected chi connectivity index (χ1v) is 9.80. The molecule has 0 radical (unpaired) electrons. The highest BCUT2D eigenvalue weighted by Gasteiger charge is 2.27. The maximum Gasteiger partial charge on any atom is 0.214 e. The zero-order chi connectivity index (χ0) is 17.4. The maximum atomic E-state index is 11.8. The smallest absolute Gasteiger partial charge is 0.214 e. The number of aliphatic imine (C=N–C) groups is 1. The molecule has 0 saturated carbocycles. The van der Waals surface area contributed by atoms with E-state index < -0.39 is 10.0 Å². The summed E-state index contributed by atoms with van der Waals surface area (Å²) in [6.45, 7) is 4.74. The molecule has 1 aliphatic rings. The van der Waals surface area contributed by atoms with Crippen molar-refractivity contribution in [2.24, 2.45) is 4.99 Å². The molecule has 0 spiro atoms. The predicted octanol–water partition coefficient (Wildman–Crippen LogP) is 0.786. The Balaban J connectivity index is 1.81. The fourth-order valence-corrected chi connectivity index (χ4v) is 4.12. The van der Waals surface area contributed by atoms with Crippen LogP contribution in [0, 0.1) is 0 Å². The van der Waals surface area contributed by atoms with Crippen LogP contribution in [0.25, 0.3) is 0 Å². The molecule has 1 heterocycles. The van der Waals surface area contributed by atoms with Gasteiger partial charge >= 0.3 is 0 Å². The van der Waals surface area contributed by atoms with Crippen LogP contribution in [0.4, 0.5) is 0 Å². The standard InChI is InChI=1S/C16H26N4O3S/c1-3-23-15-8-5-4-7-14(15)13-19-16(17-2)18-9-11-20-10-6-12-24(20,21)22/h4-5,7-8H,3,6,9-13H2,1-2H3,(H2,17,18,19). The van der Waals surface area contributed by atoms with Gasteiger partial charge in [0, 0.05) is 38.8 Å². The molecule has 8 heteroatoms. The Bertz CT molecular complexity index is 661. The highest BCUT2D eigenvalue weighted by atomic mass is 32.2. The zero-order valence-electron chi connectivity index (χ0n) is 14.3. The summed E-state index contributed by atoms with van der Waals surface area (Å²) in [6, 6.07) is 7.85. The quantitative estimate of drug-likeness (QED) is 0.559. The normalized spacial score (nSPS) is 17.7. The van der Waals surface area contributed by atoms with E-state index >= 15 is 0 Å². The minimum Gasteiger partial charge on any atom is -0.494 e. The van der Waals surface area contributed by atoms with Crippen molar-refractivity contribution in [3.05, 3.63) is 29.8 Å². The minimum atomic E-state index is -3.04. The summed E-state index contributed by atoms with van der Waals surface area (Å²) in [4.78, 5) is 4.16. The van der Waals surface area contributed by atoms with Crippen LogP contribution in [-0.2, 0) is 16.6 Å². The number of guanidine groups is 1. The first kappa shape index (κ1) is 18.5. The Morgan fingerprint density at radius 3 is 2.79 bits per heavy atom. The second-order valence-electron chi connectivity index (χ2n) is 5.46. The van der Waals surface area contributed by atoms with E-state index in [1.165, 1.54) is 4.31 Å². The van der Waals surface area contributed by atoms with Gasteiger partial charge in [-0.1, -0.05) is 18.2 Å². The fourth-order valence-electron chi connectivity index (χ4n) is 2.59. The number of hydrogen-bond acceptors (Lipinski definition) is 4. The number of rotatable bonds is 7. The first-order chi connectivity index (χ1) is 11.6. The minimum absolute atomic E-state index is 0.258. The zero-order valence-corrected chi connectivity index (χ0v) is 15.1. The average Bonchev–Trinajstić information content (AvgIpc) is 2.91. The lowest BCUT2D eigenvalue weighted by atomic mass is 10.2. The van der Waals surface area contributed by atoms with Gasteiger partial charge in [-0.05, 0) is 19.4 Å². The number of ether oxygens (including phenoxy) is 1. The molecular formula is C16H26N4O3S. The van der Waals surface area contributed by atoms with Crippen LogP contribution < -0.4 is 15.4 Å². The largest absolute Gasteiger partial charge is 0.494 e. The predicted molar refractivity (Wildman–Crippen MR) is 95.8 cm³/mol. The summed E-state index contributed by atoms with van der Waals surface area (Å²) in [7, 11) is -1.35.